The SMILES string of the molecule is CCn1c(SCC(=O)NCc2ccc(Cl)cc2)nnc1-c1cc(Cl)ccc1OC. The van der Waals surface area contributed by atoms with Gasteiger partial charge in [-0.25, -0.2) is 0 Å². The van der Waals surface area contributed by atoms with Crippen LogP contribution in [0.4, 0.5) is 0 Å². The van der Waals surface area contributed by atoms with Gasteiger partial charge < -0.3 is 14.6 Å². The van der Waals surface area contributed by atoms with Gasteiger partial charge >= 0.3 is 0 Å². The van der Waals surface area contributed by atoms with Crippen LogP contribution in [0, 0.1) is 0 Å². The molecule has 0 aliphatic carbocycles. The maximum Gasteiger partial charge on any atom is 0.230 e. The Morgan fingerprint density at radius 2 is 1.86 bits per heavy atom. The number of nitrogens with zero attached hydrogens (tertiary/aromatic N) is 3. The number of amides is 1. The molecule has 0 atom stereocenters. The quantitative estimate of drug-likeness (QED) is 0.504. The minimum Gasteiger partial charge on any atom is -0.496 e. The van der Waals surface area contributed by atoms with Gasteiger partial charge in [0.05, 0.1) is 18.4 Å². The molecule has 0 saturated carbocycles. The van der Waals surface area contributed by atoms with E-state index < -0.39 is 0 Å². The second kappa shape index (κ2) is 10.0. The Morgan fingerprint density at radius 1 is 1.14 bits per heavy atom. The van der Waals surface area contributed by atoms with Gasteiger partial charge in [0, 0.05) is 23.1 Å². The molecule has 152 valence electrons. The van der Waals surface area contributed by atoms with E-state index in [4.69, 9.17) is 27.9 Å². The zero-order valence-corrected chi connectivity index (χ0v) is 18.3. The molecule has 0 radical (unpaired) electrons. The lowest BCUT2D eigenvalue weighted by atomic mass is 10.2. The number of rotatable bonds is 8. The number of carbonyl (C=O) groups excluding carboxylic acids is 1. The highest BCUT2D eigenvalue weighted by Gasteiger charge is 2.18. The van der Waals surface area contributed by atoms with Crippen LogP contribution >= 0.6 is 35.0 Å². The predicted octanol–water partition coefficient (Wildman–Crippen LogP) is 4.69. The molecule has 0 aliphatic rings. The van der Waals surface area contributed by atoms with Crippen molar-refractivity contribution in [2.75, 3.05) is 12.9 Å². The molecule has 6 nitrogen and oxygen atoms in total. The first-order valence-electron chi connectivity index (χ1n) is 8.93. The first kappa shape index (κ1) is 21.5. The van der Waals surface area contributed by atoms with Crippen LogP contribution in [0.1, 0.15) is 12.5 Å². The number of nitrogens with one attached hydrogen (secondary N) is 1. The molecule has 1 amide bonds. The van der Waals surface area contributed by atoms with Crippen molar-refractivity contribution in [3.05, 3.63) is 58.1 Å². The number of methoxy groups -OCH3 is 1. The summed E-state index contributed by atoms with van der Waals surface area (Å²) in [6.07, 6.45) is 0. The summed E-state index contributed by atoms with van der Waals surface area (Å²) in [6, 6.07) is 12.7. The maximum absolute atomic E-state index is 12.2. The van der Waals surface area contributed by atoms with E-state index in [9.17, 15) is 4.79 Å². The van der Waals surface area contributed by atoms with Gasteiger partial charge in [0.25, 0.3) is 0 Å². The first-order chi connectivity index (χ1) is 14.0. The van der Waals surface area contributed by atoms with Crippen LogP contribution < -0.4 is 10.1 Å². The standard InChI is InChI=1S/C20H20Cl2N4O2S/c1-3-26-19(16-10-15(22)8-9-17(16)28-2)24-25-20(26)29-12-18(27)23-11-13-4-6-14(21)7-5-13/h4-10H,3,11-12H2,1-2H3,(H,23,27). The van der Waals surface area contributed by atoms with Crippen LogP contribution in [0.25, 0.3) is 11.4 Å². The van der Waals surface area contributed by atoms with Crippen LogP contribution in [0.2, 0.25) is 10.0 Å². The monoisotopic (exact) mass is 450 g/mol. The number of hydrogen-bond acceptors (Lipinski definition) is 5. The molecule has 29 heavy (non-hydrogen) atoms. The normalized spacial score (nSPS) is 10.8. The molecule has 9 heteroatoms. The van der Waals surface area contributed by atoms with Gasteiger partial charge in [-0.2, -0.15) is 0 Å². The molecule has 1 aromatic heterocycles. The number of ether oxygens (including phenoxy) is 1. The Kier molecular flexibility index (Phi) is 7.41. The molecule has 3 rings (SSSR count). The number of benzene rings is 2. The minimum absolute atomic E-state index is 0.0857. The Hall–Kier alpha value is -2.22. The molecular weight excluding hydrogens is 431 g/mol. The summed E-state index contributed by atoms with van der Waals surface area (Å²) in [6.45, 7) is 3.09. The van der Waals surface area contributed by atoms with Gasteiger partial charge in [0.15, 0.2) is 11.0 Å². The van der Waals surface area contributed by atoms with E-state index in [1.54, 1.807) is 37.4 Å². The van der Waals surface area contributed by atoms with Gasteiger partial charge in [-0.15, -0.1) is 10.2 Å². The van der Waals surface area contributed by atoms with E-state index in [1.807, 2.05) is 23.6 Å². The third-order valence-electron chi connectivity index (χ3n) is 4.17. The van der Waals surface area contributed by atoms with Crippen molar-refractivity contribution in [3.8, 4) is 17.1 Å². The van der Waals surface area contributed by atoms with Crippen LogP contribution in [-0.2, 0) is 17.9 Å². The lowest BCUT2D eigenvalue weighted by Gasteiger charge is -2.11. The van der Waals surface area contributed by atoms with E-state index in [1.165, 1.54) is 11.8 Å². The fourth-order valence-corrected chi connectivity index (χ4v) is 3.85. The highest BCUT2D eigenvalue weighted by Crippen LogP contribution is 2.33. The van der Waals surface area contributed by atoms with Crippen LogP contribution in [0.5, 0.6) is 5.75 Å². The molecule has 1 heterocycles. The molecule has 0 saturated heterocycles. The average molecular weight is 451 g/mol. The van der Waals surface area contributed by atoms with Crippen molar-refractivity contribution in [1.82, 2.24) is 20.1 Å². The van der Waals surface area contributed by atoms with Crippen LogP contribution in [0.3, 0.4) is 0 Å². The van der Waals surface area contributed by atoms with E-state index in [-0.39, 0.29) is 11.7 Å². The number of aromatic nitrogens is 3. The van der Waals surface area contributed by atoms with Gasteiger partial charge in [0.2, 0.25) is 5.91 Å². The third kappa shape index (κ3) is 5.44. The summed E-state index contributed by atoms with van der Waals surface area (Å²) in [7, 11) is 1.60. The molecule has 0 spiro atoms. The molecule has 0 bridgehead atoms. The second-order valence-corrected chi connectivity index (χ2v) is 7.90. The van der Waals surface area contributed by atoms with Crippen molar-refractivity contribution in [1.29, 1.82) is 0 Å². The van der Waals surface area contributed by atoms with Gasteiger partial charge in [-0.3, -0.25) is 4.79 Å². The largest absolute Gasteiger partial charge is 0.496 e. The molecule has 2 aromatic carbocycles. The van der Waals surface area contributed by atoms with Crippen molar-refractivity contribution in [2.24, 2.45) is 0 Å². The zero-order chi connectivity index (χ0) is 20.8. The number of thioether (sulfide) groups is 1. The highest BCUT2D eigenvalue weighted by atomic mass is 35.5. The lowest BCUT2D eigenvalue weighted by Crippen LogP contribution is -2.24. The molecule has 0 aliphatic heterocycles. The third-order valence-corrected chi connectivity index (χ3v) is 5.62. The fraction of sp³-hybridized carbons (Fsp3) is 0.250. The minimum atomic E-state index is -0.0857. The predicted molar refractivity (Wildman–Crippen MR) is 117 cm³/mol. The van der Waals surface area contributed by atoms with Gasteiger partial charge in [0.1, 0.15) is 5.75 Å². The number of halogens is 2. The summed E-state index contributed by atoms with van der Waals surface area (Å²) < 4.78 is 7.36. The second-order valence-electron chi connectivity index (χ2n) is 6.09. The number of carbonyl (C=O) groups is 1. The van der Waals surface area contributed by atoms with Crippen molar-refractivity contribution >= 4 is 40.9 Å². The lowest BCUT2D eigenvalue weighted by molar-refractivity contribution is -0.118. The summed E-state index contributed by atoms with van der Waals surface area (Å²) in [5, 5.41) is 13.4. The summed E-state index contributed by atoms with van der Waals surface area (Å²) in [4.78, 5) is 12.2. The average Bonchev–Trinajstić information content (AvgIpc) is 3.14. The Balaban J connectivity index is 1.67. The molecule has 1 N–H and O–H groups in total. The summed E-state index contributed by atoms with van der Waals surface area (Å²) in [5.74, 6) is 1.46. The number of hydrogen-bond donors (Lipinski definition) is 1. The Morgan fingerprint density at radius 3 is 2.55 bits per heavy atom. The Labute approximate surface area is 183 Å². The van der Waals surface area contributed by atoms with Crippen molar-refractivity contribution in [2.45, 2.75) is 25.2 Å². The Bertz CT molecular complexity index is 993. The van der Waals surface area contributed by atoms with Gasteiger partial charge in [-0.1, -0.05) is 47.1 Å². The van der Waals surface area contributed by atoms with Crippen molar-refractivity contribution < 1.29 is 9.53 Å². The zero-order valence-electron chi connectivity index (χ0n) is 16.0. The first-order valence-corrected chi connectivity index (χ1v) is 10.7. The summed E-state index contributed by atoms with van der Waals surface area (Å²) in [5.41, 5.74) is 1.74. The summed E-state index contributed by atoms with van der Waals surface area (Å²) >= 11 is 13.4. The highest BCUT2D eigenvalue weighted by molar-refractivity contribution is 7.99. The molecule has 0 fully saturated rings. The smallest absolute Gasteiger partial charge is 0.230 e. The van der Waals surface area contributed by atoms with Crippen molar-refractivity contribution in [3.63, 3.8) is 0 Å². The van der Waals surface area contributed by atoms with Crippen LogP contribution in [-0.4, -0.2) is 33.5 Å². The topological polar surface area (TPSA) is 69.0 Å². The fourth-order valence-electron chi connectivity index (χ4n) is 2.72. The van der Waals surface area contributed by atoms with E-state index >= 15 is 0 Å². The van der Waals surface area contributed by atoms with E-state index in [2.05, 4.69) is 15.5 Å². The molecule has 3 aromatic rings. The maximum atomic E-state index is 12.2. The molecule has 0 unspecified atom stereocenters. The molecular formula is C20H20Cl2N4O2S. The van der Waals surface area contributed by atoms with Crippen LogP contribution in [0.15, 0.2) is 47.6 Å². The van der Waals surface area contributed by atoms with Gasteiger partial charge in [-0.05, 0) is 42.8 Å². The van der Waals surface area contributed by atoms with E-state index in [0.29, 0.717) is 39.9 Å². The van der Waals surface area contributed by atoms with E-state index in [0.717, 1.165) is 11.1 Å².